The first-order chi connectivity index (χ1) is 11.3. The van der Waals surface area contributed by atoms with Gasteiger partial charge in [0.15, 0.2) is 0 Å². The van der Waals surface area contributed by atoms with E-state index in [1.165, 1.54) is 11.9 Å². The van der Waals surface area contributed by atoms with Crippen molar-refractivity contribution in [3.8, 4) is 0 Å². The molecule has 1 fully saturated rings. The Morgan fingerprint density at radius 3 is 2.96 bits per heavy atom. The summed E-state index contributed by atoms with van der Waals surface area (Å²) in [6.45, 7) is 1.98. The van der Waals surface area contributed by atoms with E-state index in [9.17, 15) is 4.79 Å². The summed E-state index contributed by atoms with van der Waals surface area (Å²) in [5.41, 5.74) is 1.22. The van der Waals surface area contributed by atoms with E-state index in [0.29, 0.717) is 32.1 Å². The van der Waals surface area contributed by atoms with E-state index >= 15 is 0 Å². The van der Waals surface area contributed by atoms with Crippen LogP contribution in [0.5, 0.6) is 0 Å². The Labute approximate surface area is 135 Å². The van der Waals surface area contributed by atoms with E-state index in [4.69, 9.17) is 4.74 Å². The predicted molar refractivity (Wildman–Crippen MR) is 83.4 cm³/mol. The number of carbonyl (C=O) groups is 1. The first-order valence-corrected chi connectivity index (χ1v) is 7.89. The molecule has 0 spiro atoms. The molecule has 23 heavy (non-hydrogen) atoms. The number of aromatic nitrogens is 4. The van der Waals surface area contributed by atoms with Crippen molar-refractivity contribution in [1.82, 2.24) is 25.1 Å². The Kier molecular flexibility index (Phi) is 5.31. The Hall–Kier alpha value is -2.28. The van der Waals surface area contributed by atoms with Gasteiger partial charge in [0, 0.05) is 31.3 Å². The molecule has 2 atom stereocenters. The zero-order valence-corrected chi connectivity index (χ0v) is 13.0. The van der Waals surface area contributed by atoms with Crippen LogP contribution in [-0.4, -0.2) is 44.9 Å². The molecule has 0 bridgehead atoms. The van der Waals surface area contributed by atoms with Gasteiger partial charge >= 0.3 is 0 Å². The van der Waals surface area contributed by atoms with Gasteiger partial charge < -0.3 is 10.1 Å². The molecule has 3 heterocycles. The first kappa shape index (κ1) is 15.6. The highest BCUT2D eigenvalue weighted by Gasteiger charge is 2.29. The van der Waals surface area contributed by atoms with Crippen LogP contribution in [0.4, 0.5) is 0 Å². The molecular formula is C16H21N5O2. The van der Waals surface area contributed by atoms with Crippen LogP contribution in [0.1, 0.15) is 18.4 Å². The SMILES string of the molecule is O=C(CCCn1cncn1)N[C@H]1COC[C@H]1Cc1ccncc1. The van der Waals surface area contributed by atoms with E-state index < -0.39 is 0 Å². The van der Waals surface area contributed by atoms with E-state index in [2.05, 4.69) is 20.4 Å². The third-order valence-corrected chi connectivity index (χ3v) is 4.05. The molecule has 7 nitrogen and oxygen atoms in total. The Bertz CT molecular complexity index is 602. The van der Waals surface area contributed by atoms with Gasteiger partial charge in [-0.1, -0.05) is 0 Å². The zero-order chi connectivity index (χ0) is 15.9. The van der Waals surface area contributed by atoms with Crippen molar-refractivity contribution in [2.75, 3.05) is 13.2 Å². The normalized spacial score (nSPS) is 20.5. The fourth-order valence-corrected chi connectivity index (χ4v) is 2.81. The van der Waals surface area contributed by atoms with Crippen molar-refractivity contribution >= 4 is 5.91 Å². The van der Waals surface area contributed by atoms with Gasteiger partial charge in [0.2, 0.25) is 5.91 Å². The lowest BCUT2D eigenvalue weighted by Gasteiger charge is -2.19. The van der Waals surface area contributed by atoms with Crippen LogP contribution < -0.4 is 5.32 Å². The monoisotopic (exact) mass is 315 g/mol. The van der Waals surface area contributed by atoms with Gasteiger partial charge in [-0.15, -0.1) is 0 Å². The highest BCUT2D eigenvalue weighted by molar-refractivity contribution is 5.76. The number of pyridine rings is 1. The number of hydrogen-bond donors (Lipinski definition) is 1. The number of amides is 1. The lowest BCUT2D eigenvalue weighted by atomic mass is 9.95. The maximum Gasteiger partial charge on any atom is 0.220 e. The van der Waals surface area contributed by atoms with Crippen molar-refractivity contribution in [3.05, 3.63) is 42.7 Å². The molecule has 2 aromatic rings. The third-order valence-electron chi connectivity index (χ3n) is 4.05. The highest BCUT2D eigenvalue weighted by Crippen LogP contribution is 2.19. The van der Waals surface area contributed by atoms with Gasteiger partial charge in [-0.3, -0.25) is 14.5 Å². The molecule has 0 radical (unpaired) electrons. The van der Waals surface area contributed by atoms with Crippen LogP contribution in [-0.2, 0) is 22.5 Å². The summed E-state index contributed by atoms with van der Waals surface area (Å²) in [5.74, 6) is 0.386. The molecular weight excluding hydrogens is 294 g/mol. The maximum absolute atomic E-state index is 12.1. The quantitative estimate of drug-likeness (QED) is 0.818. The minimum Gasteiger partial charge on any atom is -0.379 e. The average molecular weight is 315 g/mol. The average Bonchev–Trinajstić information content (AvgIpc) is 3.21. The van der Waals surface area contributed by atoms with Crippen LogP contribution in [0.15, 0.2) is 37.2 Å². The fraction of sp³-hybridized carbons (Fsp3) is 0.500. The van der Waals surface area contributed by atoms with E-state index in [-0.39, 0.29) is 11.9 Å². The molecule has 0 unspecified atom stereocenters. The van der Waals surface area contributed by atoms with Crippen molar-refractivity contribution in [2.45, 2.75) is 31.8 Å². The van der Waals surface area contributed by atoms with Crippen molar-refractivity contribution in [3.63, 3.8) is 0 Å². The zero-order valence-electron chi connectivity index (χ0n) is 13.0. The molecule has 7 heteroatoms. The summed E-state index contributed by atoms with van der Waals surface area (Å²) in [4.78, 5) is 20.0. The van der Waals surface area contributed by atoms with E-state index in [0.717, 1.165) is 12.8 Å². The topological polar surface area (TPSA) is 81.9 Å². The molecule has 1 aliphatic heterocycles. The lowest BCUT2D eigenvalue weighted by molar-refractivity contribution is -0.122. The smallest absolute Gasteiger partial charge is 0.220 e. The lowest BCUT2D eigenvalue weighted by Crippen LogP contribution is -2.40. The third kappa shape index (κ3) is 4.59. The number of ether oxygens (including phenoxy) is 1. The molecule has 2 aromatic heterocycles. The van der Waals surface area contributed by atoms with E-state index in [1.807, 2.05) is 12.1 Å². The van der Waals surface area contributed by atoms with E-state index in [1.54, 1.807) is 23.4 Å². The van der Waals surface area contributed by atoms with Gasteiger partial charge in [0.1, 0.15) is 12.7 Å². The van der Waals surface area contributed by atoms with Gasteiger partial charge in [0.25, 0.3) is 0 Å². The number of nitrogens with one attached hydrogen (secondary N) is 1. The van der Waals surface area contributed by atoms with Gasteiger partial charge in [-0.2, -0.15) is 5.10 Å². The molecule has 122 valence electrons. The molecule has 0 aromatic carbocycles. The number of nitrogens with zero attached hydrogens (tertiary/aromatic N) is 4. The molecule has 0 aliphatic carbocycles. The summed E-state index contributed by atoms with van der Waals surface area (Å²) in [6.07, 6.45) is 8.88. The molecule has 3 rings (SSSR count). The number of rotatable bonds is 7. The summed E-state index contributed by atoms with van der Waals surface area (Å²) < 4.78 is 7.29. The number of hydrogen-bond acceptors (Lipinski definition) is 5. The Morgan fingerprint density at radius 1 is 1.30 bits per heavy atom. The van der Waals surface area contributed by atoms with Crippen LogP contribution >= 0.6 is 0 Å². The standard InChI is InChI=1S/C16H21N5O2/c22-16(2-1-7-21-12-18-11-19-21)20-15-10-23-9-14(15)8-13-3-5-17-6-4-13/h3-6,11-12,14-15H,1-2,7-10H2,(H,20,22)/t14-,15+/m1/s1. The highest BCUT2D eigenvalue weighted by atomic mass is 16.5. The van der Waals surface area contributed by atoms with Crippen molar-refractivity contribution in [2.24, 2.45) is 5.92 Å². The molecule has 0 saturated carbocycles. The maximum atomic E-state index is 12.1. The van der Waals surface area contributed by atoms with Gasteiger partial charge in [-0.25, -0.2) is 4.98 Å². The second-order valence-electron chi connectivity index (χ2n) is 5.79. The van der Waals surface area contributed by atoms with Crippen molar-refractivity contribution < 1.29 is 9.53 Å². The first-order valence-electron chi connectivity index (χ1n) is 7.89. The number of aryl methyl sites for hydroxylation is 1. The molecule has 1 aliphatic rings. The molecule has 1 amide bonds. The number of carbonyl (C=O) groups excluding carboxylic acids is 1. The largest absolute Gasteiger partial charge is 0.379 e. The minimum atomic E-state index is 0.0698. The van der Waals surface area contributed by atoms with Gasteiger partial charge in [-0.05, 0) is 30.5 Å². The minimum absolute atomic E-state index is 0.0698. The predicted octanol–water partition coefficient (Wildman–Crippen LogP) is 0.827. The Morgan fingerprint density at radius 2 is 2.17 bits per heavy atom. The van der Waals surface area contributed by atoms with Crippen LogP contribution in [0.2, 0.25) is 0 Å². The van der Waals surface area contributed by atoms with Crippen LogP contribution in [0.25, 0.3) is 0 Å². The summed E-state index contributed by atoms with van der Waals surface area (Å²) in [7, 11) is 0. The molecule has 1 saturated heterocycles. The van der Waals surface area contributed by atoms with Crippen LogP contribution in [0.3, 0.4) is 0 Å². The van der Waals surface area contributed by atoms with Gasteiger partial charge in [0.05, 0.1) is 19.3 Å². The Balaban J connectivity index is 1.43. The van der Waals surface area contributed by atoms with Crippen molar-refractivity contribution in [1.29, 1.82) is 0 Å². The fourth-order valence-electron chi connectivity index (χ4n) is 2.81. The summed E-state index contributed by atoms with van der Waals surface area (Å²) >= 11 is 0. The second kappa shape index (κ2) is 7.82. The molecule has 1 N–H and O–H groups in total. The summed E-state index contributed by atoms with van der Waals surface area (Å²) in [5, 5.41) is 7.13. The second-order valence-corrected chi connectivity index (χ2v) is 5.79. The van der Waals surface area contributed by atoms with Crippen LogP contribution in [0, 0.1) is 5.92 Å². The summed E-state index contributed by atoms with van der Waals surface area (Å²) in [6, 6.07) is 4.10.